The van der Waals surface area contributed by atoms with E-state index >= 15 is 0 Å². The van der Waals surface area contributed by atoms with Crippen LogP contribution in [0, 0.1) is 0 Å². The zero-order valence-electron chi connectivity index (χ0n) is 9.93. The molecule has 0 amide bonds. The van der Waals surface area contributed by atoms with Gasteiger partial charge in [-0.15, -0.1) is 0 Å². The monoisotopic (exact) mass is 203 g/mol. The molecular formula is C11H22FNO. The normalized spacial score (nSPS) is 35.1. The maximum absolute atomic E-state index is 13.6. The Labute approximate surface area is 86.4 Å². The summed E-state index contributed by atoms with van der Waals surface area (Å²) in [6, 6.07) is 0.226. The van der Waals surface area contributed by atoms with Crippen molar-refractivity contribution >= 4 is 0 Å². The van der Waals surface area contributed by atoms with Gasteiger partial charge in [-0.25, -0.2) is 4.39 Å². The molecule has 0 N–H and O–H groups in total. The third-order valence-electron chi connectivity index (χ3n) is 2.57. The van der Waals surface area contributed by atoms with E-state index in [-0.39, 0.29) is 11.6 Å². The van der Waals surface area contributed by atoms with Crippen LogP contribution < -0.4 is 0 Å². The van der Waals surface area contributed by atoms with Gasteiger partial charge in [0.1, 0.15) is 5.67 Å². The lowest BCUT2D eigenvalue weighted by atomic mass is 10.1. The average molecular weight is 203 g/mol. The summed E-state index contributed by atoms with van der Waals surface area (Å²) < 4.78 is 19.3. The van der Waals surface area contributed by atoms with Crippen molar-refractivity contribution < 1.29 is 9.13 Å². The molecule has 0 aliphatic carbocycles. The maximum Gasteiger partial charge on any atom is 0.122 e. The molecule has 1 unspecified atom stereocenters. The Balaban J connectivity index is 2.40. The van der Waals surface area contributed by atoms with Gasteiger partial charge in [-0.3, -0.25) is 4.90 Å². The molecule has 2 atom stereocenters. The van der Waals surface area contributed by atoms with Crippen LogP contribution in [-0.4, -0.2) is 42.4 Å². The highest BCUT2D eigenvalue weighted by atomic mass is 19.1. The van der Waals surface area contributed by atoms with Gasteiger partial charge in [0.15, 0.2) is 0 Å². The number of rotatable bonds is 2. The molecule has 2 nitrogen and oxygen atoms in total. The van der Waals surface area contributed by atoms with E-state index in [2.05, 4.69) is 0 Å². The van der Waals surface area contributed by atoms with Gasteiger partial charge in [-0.1, -0.05) is 0 Å². The second-order valence-electron chi connectivity index (χ2n) is 5.61. The number of ether oxygens (including phenoxy) is 1. The number of halogens is 1. The van der Waals surface area contributed by atoms with Gasteiger partial charge in [0, 0.05) is 19.0 Å². The average Bonchev–Trinajstić information content (AvgIpc) is 2.19. The van der Waals surface area contributed by atoms with Crippen molar-refractivity contribution in [2.45, 2.75) is 51.4 Å². The fourth-order valence-corrected chi connectivity index (χ4v) is 1.89. The predicted octanol–water partition coefficient (Wildman–Crippen LogP) is 2.23. The molecule has 1 aliphatic heterocycles. The Morgan fingerprint density at radius 3 is 2.43 bits per heavy atom. The van der Waals surface area contributed by atoms with Crippen molar-refractivity contribution in [1.82, 2.24) is 4.90 Å². The van der Waals surface area contributed by atoms with Crippen LogP contribution in [0.1, 0.15) is 34.1 Å². The van der Waals surface area contributed by atoms with Gasteiger partial charge in [-0.2, -0.15) is 0 Å². The molecular weight excluding hydrogens is 181 g/mol. The third kappa shape index (κ3) is 3.54. The van der Waals surface area contributed by atoms with E-state index in [0.29, 0.717) is 19.6 Å². The minimum Gasteiger partial charge on any atom is -0.374 e. The summed E-state index contributed by atoms with van der Waals surface area (Å²) in [6.07, 6.45) is 0.583. The first kappa shape index (κ1) is 11.9. The second-order valence-corrected chi connectivity index (χ2v) is 5.61. The first-order valence-electron chi connectivity index (χ1n) is 5.23. The van der Waals surface area contributed by atoms with Crippen molar-refractivity contribution in [3.05, 3.63) is 0 Å². The van der Waals surface area contributed by atoms with Crippen LogP contribution in [0.2, 0.25) is 0 Å². The molecule has 0 aromatic rings. The van der Waals surface area contributed by atoms with Gasteiger partial charge in [0.05, 0.1) is 12.2 Å². The molecule has 0 aromatic carbocycles. The number of hydrogen-bond donors (Lipinski definition) is 0. The van der Waals surface area contributed by atoms with E-state index in [1.54, 1.807) is 6.92 Å². The molecule has 14 heavy (non-hydrogen) atoms. The molecule has 0 bridgehead atoms. The highest BCUT2D eigenvalue weighted by molar-refractivity contribution is 4.92. The summed E-state index contributed by atoms with van der Waals surface area (Å²) >= 11 is 0. The van der Waals surface area contributed by atoms with Gasteiger partial charge >= 0.3 is 0 Å². The lowest BCUT2D eigenvalue weighted by molar-refractivity contribution is -0.0255. The largest absolute Gasteiger partial charge is 0.374 e. The van der Waals surface area contributed by atoms with Crippen molar-refractivity contribution in [2.75, 3.05) is 20.2 Å². The van der Waals surface area contributed by atoms with E-state index in [0.717, 1.165) is 0 Å². The summed E-state index contributed by atoms with van der Waals surface area (Å²) in [6.45, 7) is 8.88. The molecule has 1 fully saturated rings. The number of nitrogens with zero attached hydrogens (tertiary/aromatic N) is 1. The summed E-state index contributed by atoms with van der Waals surface area (Å²) in [5.41, 5.74) is -1.17. The van der Waals surface area contributed by atoms with E-state index in [4.69, 9.17) is 4.74 Å². The van der Waals surface area contributed by atoms with Gasteiger partial charge in [0.2, 0.25) is 0 Å². The highest BCUT2D eigenvalue weighted by Crippen LogP contribution is 2.29. The van der Waals surface area contributed by atoms with Crippen molar-refractivity contribution in [3.8, 4) is 0 Å². The third-order valence-corrected chi connectivity index (χ3v) is 2.57. The Bertz CT molecular complexity index is 198. The molecule has 1 aliphatic rings. The van der Waals surface area contributed by atoms with Crippen molar-refractivity contribution in [2.24, 2.45) is 0 Å². The van der Waals surface area contributed by atoms with Crippen LogP contribution in [0.3, 0.4) is 0 Å². The number of hydrogen-bond acceptors (Lipinski definition) is 2. The van der Waals surface area contributed by atoms with E-state index in [9.17, 15) is 4.39 Å². The van der Waals surface area contributed by atoms with Crippen LogP contribution in [0.15, 0.2) is 0 Å². The second kappa shape index (κ2) is 3.78. The Morgan fingerprint density at radius 2 is 2.07 bits per heavy atom. The minimum atomic E-state index is -1.04. The van der Waals surface area contributed by atoms with Gasteiger partial charge in [-0.05, 0) is 34.7 Å². The lowest BCUT2D eigenvalue weighted by Gasteiger charge is -2.25. The molecule has 0 saturated carbocycles. The zero-order valence-corrected chi connectivity index (χ0v) is 9.93. The van der Waals surface area contributed by atoms with E-state index in [1.165, 1.54) is 0 Å². The number of likely N-dealkylation sites (N-methyl/N-ethyl adjacent to an activating group) is 1. The fraction of sp³-hybridized carbons (Fsp3) is 1.00. The smallest absolute Gasteiger partial charge is 0.122 e. The number of likely N-dealkylation sites (tertiary alicyclic amines) is 1. The molecule has 0 spiro atoms. The van der Waals surface area contributed by atoms with Crippen molar-refractivity contribution in [1.29, 1.82) is 0 Å². The predicted molar refractivity (Wildman–Crippen MR) is 56.3 cm³/mol. The molecule has 1 heterocycles. The summed E-state index contributed by atoms with van der Waals surface area (Å²) in [4.78, 5) is 2.05. The molecule has 1 rings (SSSR count). The topological polar surface area (TPSA) is 12.5 Å². The van der Waals surface area contributed by atoms with Crippen LogP contribution in [0.25, 0.3) is 0 Å². The molecule has 1 saturated heterocycles. The Morgan fingerprint density at radius 1 is 1.50 bits per heavy atom. The van der Waals surface area contributed by atoms with Crippen LogP contribution >= 0.6 is 0 Å². The zero-order chi connectivity index (χ0) is 11.0. The standard InChI is InChI=1S/C11H22FNO/c1-10(2,3)14-7-9-6-11(4,12)8-13(9)5/h9H,6-8H2,1-5H3/t9-,11?/m0/s1. The van der Waals surface area contributed by atoms with Crippen molar-refractivity contribution in [3.63, 3.8) is 0 Å². The summed E-state index contributed by atoms with van der Waals surface area (Å²) in [7, 11) is 1.96. The minimum absolute atomic E-state index is 0.129. The molecule has 0 aromatic heterocycles. The summed E-state index contributed by atoms with van der Waals surface area (Å²) in [5.74, 6) is 0. The van der Waals surface area contributed by atoms with Crippen LogP contribution in [0.5, 0.6) is 0 Å². The SMILES string of the molecule is CN1CC(C)(F)C[C@H]1COC(C)(C)C. The first-order chi connectivity index (χ1) is 6.20. The van der Waals surface area contributed by atoms with Gasteiger partial charge < -0.3 is 4.74 Å². The van der Waals surface area contributed by atoms with Crippen LogP contribution in [0.4, 0.5) is 4.39 Å². The Kier molecular flexibility index (Phi) is 3.22. The number of alkyl halides is 1. The molecule has 0 radical (unpaired) electrons. The fourth-order valence-electron chi connectivity index (χ4n) is 1.89. The summed E-state index contributed by atoms with van der Waals surface area (Å²) in [5, 5.41) is 0. The van der Waals surface area contributed by atoms with Gasteiger partial charge in [0.25, 0.3) is 0 Å². The maximum atomic E-state index is 13.6. The lowest BCUT2D eigenvalue weighted by Crippen LogP contribution is -2.33. The quantitative estimate of drug-likeness (QED) is 0.682. The van der Waals surface area contributed by atoms with E-state index in [1.807, 2.05) is 32.7 Å². The van der Waals surface area contributed by atoms with E-state index < -0.39 is 5.67 Å². The first-order valence-corrected chi connectivity index (χ1v) is 5.23. The van der Waals surface area contributed by atoms with Crippen LogP contribution in [-0.2, 0) is 4.74 Å². The highest BCUT2D eigenvalue weighted by Gasteiger charge is 2.39. The Hall–Kier alpha value is -0.150. The molecule has 84 valence electrons. The molecule has 3 heteroatoms.